The fraction of sp³-hybridized carbons (Fsp3) is 0.125. The lowest BCUT2D eigenvalue weighted by atomic mass is 10.2. The molecule has 0 unspecified atom stereocenters. The minimum atomic E-state index is -3.48. The monoisotopic (exact) mass is 489 g/mol. The maximum Gasteiger partial charge on any atom is 0.257 e. The van der Waals surface area contributed by atoms with Crippen LogP contribution in [0.1, 0.15) is 10.4 Å². The van der Waals surface area contributed by atoms with E-state index in [-0.39, 0.29) is 15.9 Å². The molecule has 0 aliphatic rings. The molecule has 0 saturated heterocycles. The molecule has 25 heavy (non-hydrogen) atoms. The van der Waals surface area contributed by atoms with E-state index in [2.05, 4.69) is 33.2 Å². The summed E-state index contributed by atoms with van der Waals surface area (Å²) in [4.78, 5) is 12.3. The molecule has 0 aromatic heterocycles. The summed E-state index contributed by atoms with van der Waals surface area (Å²) in [6, 6.07) is 13.2. The quantitative estimate of drug-likeness (QED) is 0.510. The van der Waals surface area contributed by atoms with E-state index in [1.54, 1.807) is 30.3 Å². The summed E-state index contributed by atoms with van der Waals surface area (Å²) in [5.74, 6) is -0.317. The zero-order valence-corrected chi connectivity index (χ0v) is 17.3. The van der Waals surface area contributed by atoms with Crippen molar-refractivity contribution in [2.75, 3.05) is 19.4 Å². The number of carbonyl (C=O) groups excluding carboxylic acids is 1. The number of halogens is 1. The Morgan fingerprint density at radius 1 is 1.12 bits per heavy atom. The maximum absolute atomic E-state index is 12.1. The van der Waals surface area contributed by atoms with Gasteiger partial charge in [0.2, 0.25) is 10.0 Å². The zero-order chi connectivity index (χ0) is 18.6. The van der Waals surface area contributed by atoms with Crippen LogP contribution in [-0.2, 0) is 10.0 Å². The van der Waals surface area contributed by atoms with Crippen molar-refractivity contribution >= 4 is 61.5 Å². The third kappa shape index (κ3) is 5.21. The lowest BCUT2D eigenvalue weighted by molar-refractivity contribution is 0.0977. The van der Waals surface area contributed by atoms with Gasteiger partial charge in [0, 0.05) is 28.9 Å². The second-order valence-electron chi connectivity index (χ2n) is 5.23. The first-order valence-corrected chi connectivity index (χ1v) is 10.0. The number of amides is 1. The molecule has 0 saturated carbocycles. The van der Waals surface area contributed by atoms with Gasteiger partial charge in [-0.15, -0.1) is 0 Å². The minimum absolute atomic E-state index is 0.132. The number of rotatable bonds is 4. The van der Waals surface area contributed by atoms with Gasteiger partial charge in [0.05, 0.1) is 4.90 Å². The van der Waals surface area contributed by atoms with Crippen LogP contribution < -0.4 is 10.6 Å². The van der Waals surface area contributed by atoms with Crippen molar-refractivity contribution < 1.29 is 13.2 Å². The van der Waals surface area contributed by atoms with Gasteiger partial charge in [0.25, 0.3) is 5.91 Å². The number of sulfonamides is 1. The van der Waals surface area contributed by atoms with Crippen molar-refractivity contribution in [3.63, 3.8) is 0 Å². The second-order valence-corrected chi connectivity index (χ2v) is 9.04. The van der Waals surface area contributed by atoms with Crippen LogP contribution in [0.15, 0.2) is 53.4 Å². The fourth-order valence-electron chi connectivity index (χ4n) is 1.89. The molecule has 2 N–H and O–H groups in total. The Labute approximate surface area is 165 Å². The SMILES string of the molecule is CN(C)S(=O)(=O)c1ccc(NC(=S)NC(=O)c2cccc(I)c2)cc1. The first-order valence-electron chi connectivity index (χ1n) is 7.10. The van der Waals surface area contributed by atoms with Gasteiger partial charge in [0.1, 0.15) is 0 Å². The van der Waals surface area contributed by atoms with Crippen LogP contribution >= 0.6 is 34.8 Å². The molecule has 1 amide bonds. The van der Waals surface area contributed by atoms with Gasteiger partial charge in [-0.2, -0.15) is 0 Å². The number of hydrogen-bond donors (Lipinski definition) is 2. The number of nitrogens with one attached hydrogen (secondary N) is 2. The van der Waals surface area contributed by atoms with Crippen molar-refractivity contribution in [3.05, 3.63) is 57.7 Å². The topological polar surface area (TPSA) is 78.5 Å². The molecule has 132 valence electrons. The van der Waals surface area contributed by atoms with Gasteiger partial charge in [-0.25, -0.2) is 12.7 Å². The smallest absolute Gasteiger partial charge is 0.257 e. The highest BCUT2D eigenvalue weighted by Gasteiger charge is 2.16. The molecule has 0 bridgehead atoms. The van der Waals surface area contributed by atoms with E-state index in [0.29, 0.717) is 11.3 Å². The Balaban J connectivity index is 2.02. The number of thiocarbonyl (C=S) groups is 1. The molecule has 0 aliphatic carbocycles. The van der Waals surface area contributed by atoms with Crippen LogP contribution in [0.4, 0.5) is 5.69 Å². The molecular weight excluding hydrogens is 473 g/mol. The maximum atomic E-state index is 12.1. The molecule has 0 heterocycles. The Bertz CT molecular complexity index is 897. The zero-order valence-electron chi connectivity index (χ0n) is 13.5. The Morgan fingerprint density at radius 2 is 1.76 bits per heavy atom. The number of hydrogen-bond acceptors (Lipinski definition) is 4. The molecule has 2 rings (SSSR count). The molecule has 0 spiro atoms. The van der Waals surface area contributed by atoms with Crippen LogP contribution in [0.5, 0.6) is 0 Å². The van der Waals surface area contributed by atoms with Crippen LogP contribution in [0, 0.1) is 3.57 Å². The normalized spacial score (nSPS) is 11.2. The summed E-state index contributed by atoms with van der Waals surface area (Å²) >= 11 is 7.25. The van der Waals surface area contributed by atoms with E-state index in [1.807, 2.05) is 6.07 Å². The predicted molar refractivity (Wildman–Crippen MR) is 110 cm³/mol. The van der Waals surface area contributed by atoms with Gasteiger partial charge in [-0.1, -0.05) is 6.07 Å². The van der Waals surface area contributed by atoms with Gasteiger partial charge in [0.15, 0.2) is 5.11 Å². The summed E-state index contributed by atoms with van der Waals surface area (Å²) in [7, 11) is -0.541. The molecular formula is C16H16IN3O3S2. The third-order valence-electron chi connectivity index (χ3n) is 3.20. The molecule has 0 aliphatic heterocycles. The highest BCUT2D eigenvalue weighted by Crippen LogP contribution is 2.16. The lowest BCUT2D eigenvalue weighted by Crippen LogP contribution is -2.34. The highest BCUT2D eigenvalue weighted by molar-refractivity contribution is 14.1. The van der Waals surface area contributed by atoms with Crippen molar-refractivity contribution in [2.45, 2.75) is 4.90 Å². The van der Waals surface area contributed by atoms with Crippen LogP contribution in [0.2, 0.25) is 0 Å². The van der Waals surface area contributed by atoms with Gasteiger partial charge >= 0.3 is 0 Å². The average molecular weight is 489 g/mol. The summed E-state index contributed by atoms with van der Waals surface area (Å²) in [5.41, 5.74) is 1.08. The molecule has 0 atom stereocenters. The molecule has 2 aromatic rings. The number of nitrogens with zero attached hydrogens (tertiary/aromatic N) is 1. The van der Waals surface area contributed by atoms with Crippen LogP contribution in [0.3, 0.4) is 0 Å². The number of benzene rings is 2. The summed E-state index contributed by atoms with van der Waals surface area (Å²) in [6.45, 7) is 0. The Kier molecular flexibility index (Phi) is 6.49. The Morgan fingerprint density at radius 3 is 2.32 bits per heavy atom. The van der Waals surface area contributed by atoms with Gasteiger partial charge in [-0.05, 0) is 77.3 Å². The van der Waals surface area contributed by atoms with Crippen molar-refractivity contribution in [2.24, 2.45) is 0 Å². The molecule has 0 fully saturated rings. The molecule has 6 nitrogen and oxygen atoms in total. The van der Waals surface area contributed by atoms with Gasteiger partial charge < -0.3 is 5.32 Å². The largest absolute Gasteiger partial charge is 0.332 e. The van der Waals surface area contributed by atoms with Crippen molar-refractivity contribution in [3.8, 4) is 0 Å². The first-order chi connectivity index (χ1) is 11.7. The van der Waals surface area contributed by atoms with E-state index in [9.17, 15) is 13.2 Å². The van der Waals surface area contributed by atoms with Crippen LogP contribution in [-0.4, -0.2) is 37.8 Å². The highest BCUT2D eigenvalue weighted by atomic mass is 127. The molecule has 0 radical (unpaired) electrons. The van der Waals surface area contributed by atoms with E-state index in [0.717, 1.165) is 7.88 Å². The summed E-state index contributed by atoms with van der Waals surface area (Å²) in [5, 5.41) is 5.57. The number of anilines is 1. The van der Waals surface area contributed by atoms with Crippen molar-refractivity contribution in [1.82, 2.24) is 9.62 Å². The predicted octanol–water partition coefficient (Wildman–Crippen LogP) is 2.67. The third-order valence-corrected chi connectivity index (χ3v) is 5.91. The number of carbonyl (C=O) groups is 1. The minimum Gasteiger partial charge on any atom is -0.332 e. The lowest BCUT2D eigenvalue weighted by Gasteiger charge is -2.13. The summed E-state index contributed by atoms with van der Waals surface area (Å²) in [6.07, 6.45) is 0. The molecule has 2 aromatic carbocycles. The molecule has 9 heteroatoms. The van der Waals surface area contributed by atoms with E-state index in [4.69, 9.17) is 12.2 Å². The standard InChI is InChI=1S/C16H16IN3O3S2/c1-20(2)25(22,23)14-8-6-13(7-9-14)18-16(24)19-15(21)11-4-3-5-12(17)10-11/h3-10H,1-2H3,(H2,18,19,21,24). The second kappa shape index (κ2) is 8.21. The van der Waals surface area contributed by atoms with E-state index >= 15 is 0 Å². The summed E-state index contributed by atoms with van der Waals surface area (Å²) < 4.78 is 26.1. The van der Waals surface area contributed by atoms with E-state index in [1.165, 1.54) is 26.2 Å². The van der Waals surface area contributed by atoms with Crippen molar-refractivity contribution in [1.29, 1.82) is 0 Å². The van der Waals surface area contributed by atoms with Gasteiger partial charge in [-0.3, -0.25) is 10.1 Å². The Hall–Kier alpha value is -1.56. The first kappa shape index (κ1) is 19.8. The average Bonchev–Trinajstić information content (AvgIpc) is 2.55. The van der Waals surface area contributed by atoms with E-state index < -0.39 is 10.0 Å². The van der Waals surface area contributed by atoms with Crippen LogP contribution in [0.25, 0.3) is 0 Å². The fourth-order valence-corrected chi connectivity index (χ4v) is 3.54.